The highest BCUT2D eigenvalue weighted by Gasteiger charge is 1.99. The fourth-order valence-corrected chi connectivity index (χ4v) is 0.797. The molecule has 86 valence electrons. The lowest BCUT2D eigenvalue weighted by molar-refractivity contribution is 0.205. The van der Waals surface area contributed by atoms with Crippen LogP contribution in [0.4, 0.5) is 0 Å². The minimum absolute atomic E-state index is 0.595. The molecule has 0 aromatic carbocycles. The van der Waals surface area contributed by atoms with Crippen molar-refractivity contribution in [3.63, 3.8) is 0 Å². The molecule has 0 rings (SSSR count). The molecule has 2 nitrogen and oxygen atoms in total. The fraction of sp³-hybridized carbons (Fsp3) is 0.385. The second kappa shape index (κ2) is 12.6. The average Bonchev–Trinajstić information content (AvgIpc) is 2.30. The van der Waals surface area contributed by atoms with Gasteiger partial charge in [0, 0.05) is 0 Å². The Kier molecular flexibility index (Phi) is 13.4. The number of hydrogen-bond donors (Lipinski definition) is 0. The number of methoxy groups -OCH3 is 1. The van der Waals surface area contributed by atoms with E-state index in [1.165, 1.54) is 0 Å². The van der Waals surface area contributed by atoms with E-state index in [4.69, 9.17) is 9.47 Å². The normalized spacial score (nSPS) is 10.9. The molecule has 15 heavy (non-hydrogen) atoms. The number of hydrogen-bond acceptors (Lipinski definition) is 2. The summed E-state index contributed by atoms with van der Waals surface area (Å²) in [5.41, 5.74) is 0. The second-order valence-corrected chi connectivity index (χ2v) is 2.16. The van der Waals surface area contributed by atoms with Gasteiger partial charge < -0.3 is 9.47 Å². The summed E-state index contributed by atoms with van der Waals surface area (Å²) >= 11 is 0. The van der Waals surface area contributed by atoms with Gasteiger partial charge in [-0.1, -0.05) is 39.2 Å². The zero-order valence-electron chi connectivity index (χ0n) is 10.2. The topological polar surface area (TPSA) is 18.5 Å². The van der Waals surface area contributed by atoms with Gasteiger partial charge in [-0.05, 0) is 19.1 Å². The molecule has 0 aromatic rings. The van der Waals surface area contributed by atoms with Crippen molar-refractivity contribution in [2.24, 2.45) is 0 Å². The Morgan fingerprint density at radius 3 is 2.13 bits per heavy atom. The van der Waals surface area contributed by atoms with Gasteiger partial charge in [-0.3, -0.25) is 0 Å². The molecule has 0 aliphatic heterocycles. The highest BCUT2D eigenvalue weighted by atomic mass is 16.5. The summed E-state index contributed by atoms with van der Waals surface area (Å²) in [7, 11) is 1.58. The first kappa shape index (κ1) is 16.0. The third-order valence-corrected chi connectivity index (χ3v) is 1.33. The Morgan fingerprint density at radius 2 is 1.80 bits per heavy atom. The maximum Gasteiger partial charge on any atom is 0.161 e. The van der Waals surface area contributed by atoms with Gasteiger partial charge in [-0.25, -0.2) is 0 Å². The average molecular weight is 210 g/mol. The Balaban J connectivity index is 0. The molecule has 0 atom stereocenters. The summed E-state index contributed by atoms with van der Waals surface area (Å²) in [6.45, 7) is 13.7. The maximum absolute atomic E-state index is 5.34. The van der Waals surface area contributed by atoms with Crippen molar-refractivity contribution in [3.8, 4) is 0 Å². The zero-order valence-corrected chi connectivity index (χ0v) is 10.2. The van der Waals surface area contributed by atoms with E-state index < -0.39 is 0 Å². The SMILES string of the molecule is C=C/C=C\C(OCC)=C(/C=C)OC.CC. The molecule has 0 N–H and O–H groups in total. The van der Waals surface area contributed by atoms with Crippen LogP contribution in [0.25, 0.3) is 0 Å². The third kappa shape index (κ3) is 7.62. The van der Waals surface area contributed by atoms with E-state index >= 15 is 0 Å². The Morgan fingerprint density at radius 1 is 1.20 bits per heavy atom. The van der Waals surface area contributed by atoms with E-state index in [-0.39, 0.29) is 0 Å². The van der Waals surface area contributed by atoms with Gasteiger partial charge in [0.1, 0.15) is 0 Å². The van der Waals surface area contributed by atoms with Gasteiger partial charge in [0.15, 0.2) is 11.5 Å². The number of ether oxygens (including phenoxy) is 2. The largest absolute Gasteiger partial charge is 0.493 e. The fourth-order valence-electron chi connectivity index (χ4n) is 0.797. The summed E-state index contributed by atoms with van der Waals surface area (Å²) < 4.78 is 10.4. The molecule has 0 aliphatic carbocycles. The summed E-state index contributed by atoms with van der Waals surface area (Å²) in [6, 6.07) is 0. The molecule has 0 aromatic heterocycles. The van der Waals surface area contributed by atoms with Crippen molar-refractivity contribution in [1.29, 1.82) is 0 Å². The summed E-state index contributed by atoms with van der Waals surface area (Å²) in [6.07, 6.45) is 6.86. The predicted octanol–water partition coefficient (Wildman–Crippen LogP) is 3.84. The first-order chi connectivity index (χ1) is 7.29. The van der Waals surface area contributed by atoms with Crippen LogP contribution in [0, 0.1) is 0 Å². The molecule has 0 bridgehead atoms. The van der Waals surface area contributed by atoms with Crippen LogP contribution in [-0.2, 0) is 9.47 Å². The molecule has 0 spiro atoms. The van der Waals surface area contributed by atoms with Gasteiger partial charge in [0.05, 0.1) is 13.7 Å². The van der Waals surface area contributed by atoms with Crippen LogP contribution in [0.5, 0.6) is 0 Å². The van der Waals surface area contributed by atoms with Crippen LogP contribution in [0.3, 0.4) is 0 Å². The third-order valence-electron chi connectivity index (χ3n) is 1.33. The molecule has 0 fully saturated rings. The van der Waals surface area contributed by atoms with Crippen molar-refractivity contribution in [3.05, 3.63) is 49.0 Å². The molecule has 0 aliphatic rings. The molecule has 0 amide bonds. The van der Waals surface area contributed by atoms with Gasteiger partial charge in [0.2, 0.25) is 0 Å². The van der Waals surface area contributed by atoms with E-state index in [2.05, 4.69) is 13.2 Å². The zero-order chi connectivity index (χ0) is 12.1. The maximum atomic E-state index is 5.34. The Labute approximate surface area is 93.6 Å². The monoisotopic (exact) mass is 210 g/mol. The minimum atomic E-state index is 0.595. The van der Waals surface area contributed by atoms with Crippen molar-refractivity contribution in [2.75, 3.05) is 13.7 Å². The van der Waals surface area contributed by atoms with Crippen LogP contribution in [-0.4, -0.2) is 13.7 Å². The molecule has 0 unspecified atom stereocenters. The number of rotatable bonds is 6. The van der Waals surface area contributed by atoms with E-state index in [9.17, 15) is 0 Å². The smallest absolute Gasteiger partial charge is 0.161 e. The lowest BCUT2D eigenvalue weighted by Crippen LogP contribution is -1.95. The van der Waals surface area contributed by atoms with Crippen LogP contribution >= 0.6 is 0 Å². The van der Waals surface area contributed by atoms with Gasteiger partial charge in [-0.15, -0.1) is 0 Å². The van der Waals surface area contributed by atoms with Crippen molar-refractivity contribution >= 4 is 0 Å². The van der Waals surface area contributed by atoms with E-state index in [0.717, 1.165) is 0 Å². The van der Waals surface area contributed by atoms with E-state index in [0.29, 0.717) is 18.1 Å². The van der Waals surface area contributed by atoms with Crippen LogP contribution in [0.1, 0.15) is 20.8 Å². The Bertz CT molecular complexity index is 225. The van der Waals surface area contributed by atoms with Gasteiger partial charge in [-0.2, -0.15) is 0 Å². The van der Waals surface area contributed by atoms with Crippen LogP contribution < -0.4 is 0 Å². The first-order valence-corrected chi connectivity index (χ1v) is 5.12. The molecule has 0 saturated carbocycles. The first-order valence-electron chi connectivity index (χ1n) is 5.12. The molecule has 2 heteroatoms. The predicted molar refractivity (Wildman–Crippen MR) is 66.5 cm³/mol. The number of allylic oxidation sites excluding steroid dienone is 4. The van der Waals surface area contributed by atoms with Crippen molar-refractivity contribution in [2.45, 2.75) is 20.8 Å². The quantitative estimate of drug-likeness (QED) is 0.490. The van der Waals surface area contributed by atoms with E-state index in [1.807, 2.05) is 20.8 Å². The summed E-state index contributed by atoms with van der Waals surface area (Å²) in [5.74, 6) is 1.29. The lowest BCUT2D eigenvalue weighted by atomic mass is 10.3. The Hall–Kier alpha value is -1.44. The van der Waals surface area contributed by atoms with Crippen LogP contribution in [0.2, 0.25) is 0 Å². The van der Waals surface area contributed by atoms with Crippen molar-refractivity contribution in [1.82, 2.24) is 0 Å². The van der Waals surface area contributed by atoms with Gasteiger partial charge >= 0.3 is 0 Å². The van der Waals surface area contributed by atoms with E-state index in [1.54, 1.807) is 31.4 Å². The minimum Gasteiger partial charge on any atom is -0.493 e. The standard InChI is InChI=1S/C11H16O2.C2H6/c1-5-8-9-11(13-7-3)10(6-2)12-4;1-2/h5-6,8-9H,1-2,7H2,3-4H3;1-2H3/b9-8-,11-10-;. The molecular formula is C13H22O2. The van der Waals surface area contributed by atoms with Crippen LogP contribution in [0.15, 0.2) is 49.0 Å². The molecule has 0 radical (unpaired) electrons. The summed E-state index contributed by atoms with van der Waals surface area (Å²) in [4.78, 5) is 0. The highest BCUT2D eigenvalue weighted by molar-refractivity contribution is 5.25. The van der Waals surface area contributed by atoms with Crippen molar-refractivity contribution < 1.29 is 9.47 Å². The summed E-state index contributed by atoms with van der Waals surface area (Å²) in [5, 5.41) is 0. The second-order valence-electron chi connectivity index (χ2n) is 2.16. The molecule has 0 heterocycles. The highest BCUT2D eigenvalue weighted by Crippen LogP contribution is 2.09. The van der Waals surface area contributed by atoms with Gasteiger partial charge in [0.25, 0.3) is 0 Å². The molecule has 0 saturated heterocycles. The molecular weight excluding hydrogens is 188 g/mol. The lowest BCUT2D eigenvalue weighted by Gasteiger charge is -2.07.